The molecule has 1 aromatic carbocycles. The van der Waals surface area contributed by atoms with Crippen molar-refractivity contribution in [2.75, 3.05) is 20.6 Å². The summed E-state index contributed by atoms with van der Waals surface area (Å²) in [5.74, 6) is 0. The molecule has 0 saturated carbocycles. The van der Waals surface area contributed by atoms with E-state index in [2.05, 4.69) is 4.90 Å². The van der Waals surface area contributed by atoms with Gasteiger partial charge in [-0.05, 0) is 26.1 Å². The van der Waals surface area contributed by atoms with E-state index in [0.29, 0.717) is 6.54 Å². The van der Waals surface area contributed by atoms with Gasteiger partial charge in [0, 0.05) is 24.7 Å². The number of nitro benzene ring substituents is 1. The lowest BCUT2D eigenvalue weighted by molar-refractivity contribution is -0.384. The highest BCUT2D eigenvalue weighted by atomic mass is 16.6. The first-order valence-corrected chi connectivity index (χ1v) is 5.14. The number of nitrogens with two attached hydrogens (primary N) is 1. The lowest BCUT2D eigenvalue weighted by Crippen LogP contribution is -2.36. The average molecular weight is 223 g/mol. The molecular formula is C11H17N3O2. The predicted molar refractivity (Wildman–Crippen MR) is 63.3 cm³/mol. The van der Waals surface area contributed by atoms with Crippen LogP contribution in [0.15, 0.2) is 24.3 Å². The topological polar surface area (TPSA) is 72.4 Å². The van der Waals surface area contributed by atoms with Crippen LogP contribution in [0.5, 0.6) is 0 Å². The molecule has 0 aliphatic heterocycles. The van der Waals surface area contributed by atoms with E-state index in [1.165, 1.54) is 12.1 Å². The van der Waals surface area contributed by atoms with Crippen LogP contribution in [-0.4, -0.2) is 36.5 Å². The van der Waals surface area contributed by atoms with Crippen LogP contribution in [0.25, 0.3) is 0 Å². The smallest absolute Gasteiger partial charge is 0.269 e. The molecule has 5 nitrogen and oxygen atoms in total. The third-order valence-corrected chi connectivity index (χ3v) is 2.62. The minimum atomic E-state index is -0.393. The Hall–Kier alpha value is -1.46. The van der Waals surface area contributed by atoms with Crippen molar-refractivity contribution in [3.8, 4) is 0 Å². The molecule has 0 radical (unpaired) electrons. The Kier molecular flexibility index (Phi) is 4.39. The van der Waals surface area contributed by atoms with Gasteiger partial charge in [0.1, 0.15) is 0 Å². The molecule has 0 aromatic heterocycles. The zero-order chi connectivity index (χ0) is 12.1. The summed E-state index contributed by atoms with van der Waals surface area (Å²) >= 11 is 0. The molecule has 0 aliphatic carbocycles. The van der Waals surface area contributed by atoms with Crippen molar-refractivity contribution in [1.82, 2.24) is 4.90 Å². The molecule has 0 spiro atoms. The highest BCUT2D eigenvalue weighted by Gasteiger charge is 2.11. The van der Waals surface area contributed by atoms with Crippen molar-refractivity contribution in [3.05, 3.63) is 39.9 Å². The third-order valence-electron chi connectivity index (χ3n) is 2.62. The summed E-state index contributed by atoms with van der Waals surface area (Å²) in [4.78, 5) is 12.1. The number of nitro groups is 1. The molecule has 1 rings (SSSR count). The Labute approximate surface area is 95.0 Å². The monoisotopic (exact) mass is 223 g/mol. The van der Waals surface area contributed by atoms with E-state index in [9.17, 15) is 10.1 Å². The second kappa shape index (κ2) is 5.58. The van der Waals surface area contributed by atoms with Gasteiger partial charge in [-0.2, -0.15) is 0 Å². The summed E-state index contributed by atoms with van der Waals surface area (Å²) in [5.41, 5.74) is 6.84. The van der Waals surface area contributed by atoms with Crippen LogP contribution >= 0.6 is 0 Å². The number of hydrogen-bond acceptors (Lipinski definition) is 4. The van der Waals surface area contributed by atoms with Crippen molar-refractivity contribution in [2.45, 2.75) is 12.5 Å². The van der Waals surface area contributed by atoms with Crippen LogP contribution in [0.1, 0.15) is 5.56 Å². The number of hydrogen-bond donors (Lipinski definition) is 1. The number of non-ortho nitro benzene ring substituents is 1. The second-order valence-electron chi connectivity index (χ2n) is 3.98. The number of rotatable bonds is 5. The molecule has 0 bridgehead atoms. The van der Waals surface area contributed by atoms with E-state index >= 15 is 0 Å². The summed E-state index contributed by atoms with van der Waals surface area (Å²) in [6.45, 7) is 0.573. The van der Waals surface area contributed by atoms with Gasteiger partial charge in [0.15, 0.2) is 0 Å². The summed E-state index contributed by atoms with van der Waals surface area (Å²) in [7, 11) is 3.95. The van der Waals surface area contributed by atoms with Crippen LogP contribution in [0.3, 0.4) is 0 Å². The Bertz CT molecular complexity index is 349. The van der Waals surface area contributed by atoms with E-state index in [0.717, 1.165) is 12.0 Å². The van der Waals surface area contributed by atoms with Crippen molar-refractivity contribution >= 4 is 5.69 Å². The van der Waals surface area contributed by atoms with Gasteiger partial charge in [-0.1, -0.05) is 12.1 Å². The maximum absolute atomic E-state index is 10.5. The largest absolute Gasteiger partial charge is 0.329 e. The Balaban J connectivity index is 2.71. The molecular weight excluding hydrogens is 206 g/mol. The summed E-state index contributed by atoms with van der Waals surface area (Å²) < 4.78 is 0. The number of nitrogens with zero attached hydrogens (tertiary/aromatic N) is 2. The Morgan fingerprint density at radius 1 is 1.38 bits per heavy atom. The van der Waals surface area contributed by atoms with Crippen molar-refractivity contribution in [1.29, 1.82) is 0 Å². The molecule has 0 amide bonds. The van der Waals surface area contributed by atoms with E-state index < -0.39 is 4.92 Å². The third kappa shape index (κ3) is 3.29. The zero-order valence-corrected chi connectivity index (χ0v) is 9.59. The standard InChI is InChI=1S/C11H17N3O2/c1-13(2)11(8-12)7-9-3-5-10(6-4-9)14(15)16/h3-6,11H,7-8,12H2,1-2H3. The van der Waals surface area contributed by atoms with Gasteiger partial charge in [0.2, 0.25) is 0 Å². The van der Waals surface area contributed by atoms with Crippen LogP contribution in [0.4, 0.5) is 5.69 Å². The minimum absolute atomic E-state index is 0.123. The molecule has 16 heavy (non-hydrogen) atoms. The molecule has 0 fully saturated rings. The molecule has 5 heteroatoms. The summed E-state index contributed by atoms with van der Waals surface area (Å²) in [5, 5.41) is 10.5. The van der Waals surface area contributed by atoms with Crippen molar-refractivity contribution < 1.29 is 4.92 Å². The van der Waals surface area contributed by atoms with Crippen molar-refractivity contribution in [2.24, 2.45) is 5.73 Å². The van der Waals surface area contributed by atoms with E-state index in [1.807, 2.05) is 14.1 Å². The first-order chi connectivity index (χ1) is 7.54. The molecule has 1 atom stereocenters. The number of likely N-dealkylation sites (N-methyl/N-ethyl adjacent to an activating group) is 1. The Morgan fingerprint density at radius 2 is 1.94 bits per heavy atom. The van der Waals surface area contributed by atoms with Gasteiger partial charge >= 0.3 is 0 Å². The van der Waals surface area contributed by atoms with Gasteiger partial charge < -0.3 is 10.6 Å². The summed E-state index contributed by atoms with van der Waals surface area (Å²) in [6, 6.07) is 6.88. The fourth-order valence-corrected chi connectivity index (χ4v) is 1.50. The fourth-order valence-electron chi connectivity index (χ4n) is 1.50. The SMILES string of the molecule is CN(C)C(CN)Cc1ccc([N+](=O)[O-])cc1. The summed E-state index contributed by atoms with van der Waals surface area (Å²) in [6.07, 6.45) is 0.807. The molecule has 0 heterocycles. The van der Waals surface area contributed by atoms with Gasteiger partial charge in [-0.3, -0.25) is 10.1 Å². The molecule has 2 N–H and O–H groups in total. The zero-order valence-electron chi connectivity index (χ0n) is 9.59. The second-order valence-corrected chi connectivity index (χ2v) is 3.98. The predicted octanol–water partition coefficient (Wildman–Crippen LogP) is 1.03. The van der Waals surface area contributed by atoms with Crippen LogP contribution < -0.4 is 5.73 Å². The molecule has 0 saturated heterocycles. The Morgan fingerprint density at radius 3 is 2.31 bits per heavy atom. The first kappa shape index (κ1) is 12.6. The normalized spacial score (nSPS) is 12.8. The lowest BCUT2D eigenvalue weighted by Gasteiger charge is -2.22. The van der Waals surface area contributed by atoms with E-state index in [1.54, 1.807) is 12.1 Å². The van der Waals surface area contributed by atoms with Gasteiger partial charge in [0.05, 0.1) is 4.92 Å². The van der Waals surface area contributed by atoms with E-state index in [-0.39, 0.29) is 11.7 Å². The quantitative estimate of drug-likeness (QED) is 0.597. The lowest BCUT2D eigenvalue weighted by atomic mass is 10.1. The van der Waals surface area contributed by atoms with Crippen LogP contribution in [0, 0.1) is 10.1 Å². The van der Waals surface area contributed by atoms with Gasteiger partial charge in [-0.15, -0.1) is 0 Å². The highest BCUT2D eigenvalue weighted by molar-refractivity contribution is 5.33. The number of benzene rings is 1. The minimum Gasteiger partial charge on any atom is -0.329 e. The molecule has 0 aliphatic rings. The van der Waals surface area contributed by atoms with Crippen LogP contribution in [0.2, 0.25) is 0 Å². The highest BCUT2D eigenvalue weighted by Crippen LogP contribution is 2.13. The van der Waals surface area contributed by atoms with E-state index in [4.69, 9.17) is 5.73 Å². The first-order valence-electron chi connectivity index (χ1n) is 5.14. The molecule has 1 unspecified atom stereocenters. The fraction of sp³-hybridized carbons (Fsp3) is 0.455. The maximum Gasteiger partial charge on any atom is 0.269 e. The van der Waals surface area contributed by atoms with Crippen molar-refractivity contribution in [3.63, 3.8) is 0 Å². The molecule has 1 aromatic rings. The molecule has 88 valence electrons. The van der Waals surface area contributed by atoms with Gasteiger partial charge in [0.25, 0.3) is 5.69 Å². The average Bonchev–Trinajstić information content (AvgIpc) is 2.26. The van der Waals surface area contributed by atoms with Crippen LogP contribution in [-0.2, 0) is 6.42 Å². The van der Waals surface area contributed by atoms with Gasteiger partial charge in [-0.25, -0.2) is 0 Å². The maximum atomic E-state index is 10.5.